The summed E-state index contributed by atoms with van der Waals surface area (Å²) in [5.74, 6) is -0.0976. The number of rotatable bonds is 4. The molecule has 0 radical (unpaired) electrons. The van der Waals surface area contributed by atoms with Crippen LogP contribution in [0.4, 0.5) is 0 Å². The summed E-state index contributed by atoms with van der Waals surface area (Å²) in [4.78, 5) is 10.9. The van der Waals surface area contributed by atoms with E-state index < -0.39 is 5.97 Å². The number of hydrogen-bond donors (Lipinski definition) is 1. The molecule has 21 heavy (non-hydrogen) atoms. The molecule has 0 aliphatic carbocycles. The van der Waals surface area contributed by atoms with Crippen molar-refractivity contribution in [2.45, 2.75) is 27.4 Å². The van der Waals surface area contributed by atoms with E-state index in [9.17, 15) is 4.79 Å². The quantitative estimate of drug-likeness (QED) is 0.874. The molecular formula is C17H17BrO3. The van der Waals surface area contributed by atoms with Gasteiger partial charge in [0, 0.05) is 4.47 Å². The summed E-state index contributed by atoms with van der Waals surface area (Å²) in [6, 6.07) is 9.04. The van der Waals surface area contributed by atoms with Crippen molar-refractivity contribution in [3.8, 4) is 5.75 Å². The number of halogens is 1. The number of carboxylic acid groups (broad SMARTS) is 1. The SMILES string of the molecule is Cc1cc(C(=O)O)ccc1COc1cc(C)c(Br)c(C)c1. The smallest absolute Gasteiger partial charge is 0.335 e. The number of benzene rings is 2. The summed E-state index contributed by atoms with van der Waals surface area (Å²) in [7, 11) is 0. The number of hydrogen-bond acceptors (Lipinski definition) is 2. The molecule has 0 saturated carbocycles. The molecule has 0 heterocycles. The maximum Gasteiger partial charge on any atom is 0.335 e. The molecule has 0 fully saturated rings. The Bertz CT molecular complexity index is 669. The van der Waals surface area contributed by atoms with E-state index in [1.54, 1.807) is 18.2 Å². The van der Waals surface area contributed by atoms with Crippen LogP contribution in [-0.2, 0) is 6.61 Å². The molecule has 0 spiro atoms. The maximum atomic E-state index is 10.9. The minimum absolute atomic E-state index is 0.298. The molecule has 0 atom stereocenters. The standard InChI is InChI=1S/C17H17BrO3/c1-10-6-13(17(19)20)4-5-14(10)9-21-15-7-11(2)16(18)12(3)8-15/h4-8H,9H2,1-3H3,(H,19,20). The van der Waals surface area contributed by atoms with Crippen molar-refractivity contribution in [2.24, 2.45) is 0 Å². The maximum absolute atomic E-state index is 10.9. The molecule has 0 saturated heterocycles. The fraction of sp³-hybridized carbons (Fsp3) is 0.235. The first-order valence-corrected chi connectivity index (χ1v) is 7.40. The molecule has 0 unspecified atom stereocenters. The Balaban J connectivity index is 2.15. The third-order valence-electron chi connectivity index (χ3n) is 3.39. The van der Waals surface area contributed by atoms with Crippen molar-refractivity contribution < 1.29 is 14.6 Å². The van der Waals surface area contributed by atoms with E-state index in [1.807, 2.05) is 32.9 Å². The van der Waals surface area contributed by atoms with Crippen molar-refractivity contribution in [3.05, 3.63) is 62.6 Å². The normalized spacial score (nSPS) is 10.5. The average Bonchev–Trinajstić information content (AvgIpc) is 2.43. The number of aryl methyl sites for hydroxylation is 3. The number of carboxylic acids is 1. The van der Waals surface area contributed by atoms with Crippen molar-refractivity contribution in [2.75, 3.05) is 0 Å². The molecule has 2 aromatic rings. The lowest BCUT2D eigenvalue weighted by molar-refractivity contribution is 0.0696. The summed E-state index contributed by atoms with van der Waals surface area (Å²) in [6.07, 6.45) is 0. The topological polar surface area (TPSA) is 46.5 Å². The van der Waals surface area contributed by atoms with Gasteiger partial charge in [0.15, 0.2) is 0 Å². The van der Waals surface area contributed by atoms with Gasteiger partial charge >= 0.3 is 5.97 Å². The Morgan fingerprint density at radius 1 is 1.10 bits per heavy atom. The van der Waals surface area contributed by atoms with Gasteiger partial charge in [0.1, 0.15) is 12.4 Å². The van der Waals surface area contributed by atoms with Crippen LogP contribution in [0.1, 0.15) is 32.6 Å². The van der Waals surface area contributed by atoms with Crippen LogP contribution in [0.5, 0.6) is 5.75 Å². The predicted octanol–water partition coefficient (Wildman–Crippen LogP) is 4.65. The Morgan fingerprint density at radius 3 is 2.24 bits per heavy atom. The van der Waals surface area contributed by atoms with E-state index in [0.29, 0.717) is 12.2 Å². The van der Waals surface area contributed by atoms with Crippen LogP contribution in [0.3, 0.4) is 0 Å². The molecule has 1 N–H and O–H groups in total. The van der Waals surface area contributed by atoms with E-state index in [1.165, 1.54) is 0 Å². The summed E-state index contributed by atoms with van der Waals surface area (Å²) in [5, 5.41) is 8.96. The first-order valence-electron chi connectivity index (χ1n) is 6.61. The van der Waals surface area contributed by atoms with Gasteiger partial charge in [-0.25, -0.2) is 4.79 Å². The van der Waals surface area contributed by atoms with Gasteiger partial charge in [-0.15, -0.1) is 0 Å². The molecular weight excluding hydrogens is 332 g/mol. The van der Waals surface area contributed by atoms with Gasteiger partial charge in [0.05, 0.1) is 5.56 Å². The molecule has 0 aliphatic heterocycles. The highest BCUT2D eigenvalue weighted by molar-refractivity contribution is 9.10. The average molecular weight is 349 g/mol. The van der Waals surface area contributed by atoms with Crippen LogP contribution in [0.2, 0.25) is 0 Å². The molecule has 0 aromatic heterocycles. The number of ether oxygens (including phenoxy) is 1. The predicted molar refractivity (Wildman–Crippen MR) is 86.1 cm³/mol. The van der Waals surface area contributed by atoms with Crippen molar-refractivity contribution in [1.82, 2.24) is 0 Å². The summed E-state index contributed by atoms with van der Waals surface area (Å²) in [6.45, 7) is 6.36. The van der Waals surface area contributed by atoms with Crippen LogP contribution < -0.4 is 4.74 Å². The molecule has 0 bridgehead atoms. The lowest BCUT2D eigenvalue weighted by atomic mass is 10.1. The van der Waals surface area contributed by atoms with Crippen LogP contribution in [0.25, 0.3) is 0 Å². The largest absolute Gasteiger partial charge is 0.489 e. The van der Waals surface area contributed by atoms with Crippen LogP contribution in [0, 0.1) is 20.8 Å². The molecule has 0 aliphatic rings. The fourth-order valence-corrected chi connectivity index (χ4v) is 2.37. The fourth-order valence-electron chi connectivity index (χ4n) is 2.14. The number of carbonyl (C=O) groups is 1. The third kappa shape index (κ3) is 3.64. The second-order valence-electron chi connectivity index (χ2n) is 5.11. The van der Waals surface area contributed by atoms with Gasteiger partial charge in [-0.3, -0.25) is 0 Å². The second-order valence-corrected chi connectivity index (χ2v) is 5.90. The van der Waals surface area contributed by atoms with E-state index in [4.69, 9.17) is 9.84 Å². The van der Waals surface area contributed by atoms with E-state index in [-0.39, 0.29) is 0 Å². The van der Waals surface area contributed by atoms with Gasteiger partial charge < -0.3 is 9.84 Å². The van der Waals surface area contributed by atoms with Gasteiger partial charge in [-0.1, -0.05) is 22.0 Å². The zero-order valence-electron chi connectivity index (χ0n) is 12.2. The van der Waals surface area contributed by atoms with Gasteiger partial charge in [0.25, 0.3) is 0 Å². The van der Waals surface area contributed by atoms with Crippen LogP contribution >= 0.6 is 15.9 Å². The monoisotopic (exact) mass is 348 g/mol. The van der Waals surface area contributed by atoms with Gasteiger partial charge in [-0.05, 0) is 67.3 Å². The Kier molecular flexibility index (Phi) is 4.68. The highest BCUT2D eigenvalue weighted by Gasteiger charge is 2.07. The molecule has 2 aromatic carbocycles. The van der Waals surface area contributed by atoms with Crippen LogP contribution in [-0.4, -0.2) is 11.1 Å². The Labute approximate surface area is 132 Å². The second kappa shape index (κ2) is 6.31. The minimum Gasteiger partial charge on any atom is -0.489 e. The minimum atomic E-state index is -0.912. The number of aromatic carboxylic acids is 1. The van der Waals surface area contributed by atoms with Crippen molar-refractivity contribution >= 4 is 21.9 Å². The Hall–Kier alpha value is -1.81. The third-order valence-corrected chi connectivity index (χ3v) is 4.64. The van der Waals surface area contributed by atoms with Crippen molar-refractivity contribution in [3.63, 3.8) is 0 Å². The lowest BCUT2D eigenvalue weighted by Gasteiger charge is -2.12. The summed E-state index contributed by atoms with van der Waals surface area (Å²) >= 11 is 3.53. The molecule has 2 rings (SSSR count). The van der Waals surface area contributed by atoms with Gasteiger partial charge in [-0.2, -0.15) is 0 Å². The van der Waals surface area contributed by atoms with Crippen molar-refractivity contribution in [1.29, 1.82) is 0 Å². The molecule has 110 valence electrons. The highest BCUT2D eigenvalue weighted by atomic mass is 79.9. The zero-order chi connectivity index (χ0) is 15.6. The molecule has 4 heteroatoms. The summed E-state index contributed by atoms with van der Waals surface area (Å²) in [5.41, 5.74) is 4.45. The molecule has 0 amide bonds. The van der Waals surface area contributed by atoms with Gasteiger partial charge in [0.2, 0.25) is 0 Å². The lowest BCUT2D eigenvalue weighted by Crippen LogP contribution is -2.02. The first kappa shape index (κ1) is 15.6. The Morgan fingerprint density at radius 2 is 1.71 bits per heavy atom. The highest BCUT2D eigenvalue weighted by Crippen LogP contribution is 2.27. The zero-order valence-corrected chi connectivity index (χ0v) is 13.8. The van der Waals surface area contributed by atoms with Crippen LogP contribution in [0.15, 0.2) is 34.8 Å². The van der Waals surface area contributed by atoms with E-state index >= 15 is 0 Å². The summed E-state index contributed by atoms with van der Waals surface area (Å²) < 4.78 is 6.92. The van der Waals surface area contributed by atoms with E-state index in [2.05, 4.69) is 15.9 Å². The molecule has 3 nitrogen and oxygen atoms in total. The first-order chi connectivity index (χ1) is 9.88. The van der Waals surface area contributed by atoms with E-state index in [0.717, 1.165) is 32.5 Å².